The number of rotatable bonds is 3. The molecule has 3 nitrogen and oxygen atoms in total. The van der Waals surface area contributed by atoms with Gasteiger partial charge in [-0.1, -0.05) is 15.9 Å². The summed E-state index contributed by atoms with van der Waals surface area (Å²) in [6.45, 7) is 6.81. The van der Waals surface area contributed by atoms with Crippen LogP contribution in [0.1, 0.15) is 27.7 Å². The van der Waals surface area contributed by atoms with Crippen LogP contribution in [0.2, 0.25) is 0 Å². The molecule has 1 aromatic carbocycles. The summed E-state index contributed by atoms with van der Waals surface area (Å²) >= 11 is 3.14. The van der Waals surface area contributed by atoms with Crippen molar-refractivity contribution in [2.45, 2.75) is 39.4 Å². The van der Waals surface area contributed by atoms with Gasteiger partial charge in [0, 0.05) is 4.47 Å². The van der Waals surface area contributed by atoms with E-state index in [1.54, 1.807) is 26.8 Å². The van der Waals surface area contributed by atoms with Gasteiger partial charge in [-0.2, -0.15) is 0 Å². The topological polar surface area (TPSA) is 35.5 Å². The van der Waals surface area contributed by atoms with E-state index in [2.05, 4.69) is 15.9 Å². The van der Waals surface area contributed by atoms with Gasteiger partial charge in [0.2, 0.25) is 0 Å². The molecule has 0 aliphatic rings. The van der Waals surface area contributed by atoms with Crippen molar-refractivity contribution in [1.29, 1.82) is 0 Å². The zero-order valence-electron chi connectivity index (χ0n) is 10.8. The van der Waals surface area contributed by atoms with Crippen LogP contribution in [0.25, 0.3) is 0 Å². The van der Waals surface area contributed by atoms with Crippen LogP contribution in [-0.2, 0) is 9.53 Å². The monoisotopic (exact) mass is 318 g/mol. The zero-order valence-corrected chi connectivity index (χ0v) is 12.4. The van der Waals surface area contributed by atoms with Crippen LogP contribution in [0.3, 0.4) is 0 Å². The first-order chi connectivity index (χ1) is 8.19. The molecule has 0 aromatic heterocycles. The Labute approximate surface area is 114 Å². The molecule has 1 rings (SSSR count). The Balaban J connectivity index is 2.69. The maximum atomic E-state index is 13.5. The number of benzene rings is 1. The molecule has 0 aliphatic heterocycles. The molecule has 18 heavy (non-hydrogen) atoms. The van der Waals surface area contributed by atoms with Gasteiger partial charge >= 0.3 is 5.97 Å². The zero-order chi connectivity index (χ0) is 13.9. The van der Waals surface area contributed by atoms with Crippen molar-refractivity contribution in [1.82, 2.24) is 0 Å². The van der Waals surface area contributed by atoms with Crippen molar-refractivity contribution >= 4 is 21.9 Å². The van der Waals surface area contributed by atoms with Crippen molar-refractivity contribution in [3.05, 3.63) is 28.5 Å². The van der Waals surface area contributed by atoms with Crippen LogP contribution in [0.4, 0.5) is 4.39 Å². The Morgan fingerprint density at radius 1 is 1.39 bits per heavy atom. The fourth-order valence-corrected chi connectivity index (χ4v) is 1.53. The lowest BCUT2D eigenvalue weighted by Gasteiger charge is -2.22. The maximum absolute atomic E-state index is 13.5. The second kappa shape index (κ2) is 5.69. The highest BCUT2D eigenvalue weighted by Gasteiger charge is 2.23. The third-order valence-corrected chi connectivity index (χ3v) is 2.43. The summed E-state index contributed by atoms with van der Waals surface area (Å²) in [5.74, 6) is -1.03. The van der Waals surface area contributed by atoms with Gasteiger partial charge < -0.3 is 9.47 Å². The molecule has 0 radical (unpaired) electrons. The van der Waals surface area contributed by atoms with E-state index in [0.29, 0.717) is 4.47 Å². The summed E-state index contributed by atoms with van der Waals surface area (Å²) in [6.07, 6.45) is -0.861. The predicted octanol–water partition coefficient (Wildman–Crippen LogP) is 3.70. The number of ether oxygens (including phenoxy) is 2. The van der Waals surface area contributed by atoms with E-state index in [-0.39, 0.29) is 5.75 Å². The lowest BCUT2D eigenvalue weighted by molar-refractivity contribution is -0.162. The Morgan fingerprint density at radius 2 is 2.00 bits per heavy atom. The number of halogens is 2. The Morgan fingerprint density at radius 3 is 2.50 bits per heavy atom. The van der Waals surface area contributed by atoms with E-state index in [1.807, 2.05) is 0 Å². The number of hydrogen-bond acceptors (Lipinski definition) is 3. The number of carbonyl (C=O) groups is 1. The lowest BCUT2D eigenvalue weighted by Crippen LogP contribution is -2.33. The van der Waals surface area contributed by atoms with E-state index in [4.69, 9.17) is 9.47 Å². The fourth-order valence-electron chi connectivity index (χ4n) is 1.19. The SMILES string of the molecule is CC(Oc1ccc(Br)cc1F)C(=O)OC(C)(C)C. The maximum Gasteiger partial charge on any atom is 0.347 e. The summed E-state index contributed by atoms with van der Waals surface area (Å²) < 4.78 is 24.5. The number of hydrogen-bond donors (Lipinski definition) is 0. The summed E-state index contributed by atoms with van der Waals surface area (Å²) in [4.78, 5) is 11.7. The normalized spacial score (nSPS) is 13.0. The van der Waals surface area contributed by atoms with Gasteiger partial charge in [0.15, 0.2) is 17.7 Å². The first-order valence-corrected chi connectivity index (χ1v) is 6.33. The Bertz CT molecular complexity index is 440. The highest BCUT2D eigenvalue weighted by Crippen LogP contribution is 2.23. The highest BCUT2D eigenvalue weighted by molar-refractivity contribution is 9.10. The largest absolute Gasteiger partial charge is 0.476 e. The quantitative estimate of drug-likeness (QED) is 0.797. The predicted molar refractivity (Wildman–Crippen MR) is 70.0 cm³/mol. The van der Waals surface area contributed by atoms with E-state index >= 15 is 0 Å². The second-order valence-electron chi connectivity index (χ2n) is 4.87. The van der Waals surface area contributed by atoms with Gasteiger partial charge in [-0.3, -0.25) is 0 Å². The van der Waals surface area contributed by atoms with Crippen molar-refractivity contribution in [2.24, 2.45) is 0 Å². The van der Waals surface area contributed by atoms with Crippen molar-refractivity contribution in [2.75, 3.05) is 0 Å². The number of esters is 1. The van der Waals surface area contributed by atoms with E-state index in [0.717, 1.165) is 0 Å². The molecule has 0 N–H and O–H groups in total. The summed E-state index contributed by atoms with van der Waals surface area (Å²) in [5, 5.41) is 0. The minimum Gasteiger partial charge on any atom is -0.476 e. The van der Waals surface area contributed by atoms with Crippen LogP contribution >= 0.6 is 15.9 Å². The van der Waals surface area contributed by atoms with Gasteiger partial charge in [0.25, 0.3) is 0 Å². The molecule has 5 heteroatoms. The summed E-state index contributed by atoms with van der Waals surface area (Å²) in [6, 6.07) is 4.37. The molecule has 100 valence electrons. The molecule has 1 aromatic rings. The average Bonchev–Trinajstić information content (AvgIpc) is 2.19. The van der Waals surface area contributed by atoms with Gasteiger partial charge in [-0.25, -0.2) is 9.18 Å². The van der Waals surface area contributed by atoms with E-state index < -0.39 is 23.5 Å². The molecule has 1 atom stereocenters. The smallest absolute Gasteiger partial charge is 0.347 e. The molecule has 0 spiro atoms. The standard InChI is InChI=1S/C13H16BrFO3/c1-8(12(16)18-13(2,3)4)17-11-6-5-9(14)7-10(11)15/h5-8H,1-4H3. The summed E-state index contributed by atoms with van der Waals surface area (Å²) in [7, 11) is 0. The summed E-state index contributed by atoms with van der Waals surface area (Å²) in [5.41, 5.74) is -0.590. The molecule has 0 fully saturated rings. The molecule has 0 saturated carbocycles. The molecule has 1 unspecified atom stereocenters. The van der Waals surface area contributed by atoms with Crippen molar-refractivity contribution < 1.29 is 18.7 Å². The Hall–Kier alpha value is -1.10. The lowest BCUT2D eigenvalue weighted by atomic mass is 10.2. The molecule has 0 aliphatic carbocycles. The first-order valence-electron chi connectivity index (χ1n) is 5.53. The highest BCUT2D eigenvalue weighted by atomic mass is 79.9. The van der Waals surface area contributed by atoms with Crippen LogP contribution in [0.15, 0.2) is 22.7 Å². The first kappa shape index (κ1) is 15.0. The van der Waals surface area contributed by atoms with Crippen LogP contribution in [-0.4, -0.2) is 17.7 Å². The molecular weight excluding hydrogens is 303 g/mol. The average molecular weight is 319 g/mol. The van der Waals surface area contributed by atoms with E-state index in [1.165, 1.54) is 19.1 Å². The molecule has 0 amide bonds. The van der Waals surface area contributed by atoms with Crippen LogP contribution < -0.4 is 4.74 Å². The molecule has 0 bridgehead atoms. The third kappa shape index (κ3) is 4.64. The van der Waals surface area contributed by atoms with E-state index in [9.17, 15) is 9.18 Å². The Kier molecular flexibility index (Phi) is 4.73. The van der Waals surface area contributed by atoms with Crippen LogP contribution in [0, 0.1) is 5.82 Å². The van der Waals surface area contributed by atoms with Crippen LogP contribution in [0.5, 0.6) is 5.75 Å². The van der Waals surface area contributed by atoms with Crippen molar-refractivity contribution in [3.63, 3.8) is 0 Å². The van der Waals surface area contributed by atoms with Crippen molar-refractivity contribution in [3.8, 4) is 5.75 Å². The van der Waals surface area contributed by atoms with Gasteiger partial charge in [-0.15, -0.1) is 0 Å². The molecule has 0 heterocycles. The van der Waals surface area contributed by atoms with Gasteiger partial charge in [-0.05, 0) is 45.9 Å². The fraction of sp³-hybridized carbons (Fsp3) is 0.462. The molecular formula is C13H16BrFO3. The molecule has 0 saturated heterocycles. The number of carbonyl (C=O) groups excluding carboxylic acids is 1. The third-order valence-electron chi connectivity index (χ3n) is 1.94. The minimum atomic E-state index is -0.861. The minimum absolute atomic E-state index is 0.0246. The second-order valence-corrected chi connectivity index (χ2v) is 5.78. The van der Waals surface area contributed by atoms with Gasteiger partial charge in [0.1, 0.15) is 5.60 Å². The van der Waals surface area contributed by atoms with Gasteiger partial charge in [0.05, 0.1) is 0 Å².